The molecule has 2 aromatic carbocycles. The van der Waals surface area contributed by atoms with Crippen molar-refractivity contribution < 1.29 is 0 Å². The normalized spacial score (nSPS) is 10.3. The first-order valence-electron chi connectivity index (χ1n) is 5.94. The van der Waals surface area contributed by atoms with Gasteiger partial charge >= 0.3 is 0 Å². The smallest absolute Gasteiger partial charge is 0.147 e. The highest BCUT2D eigenvalue weighted by Gasteiger charge is 2.04. The fourth-order valence-corrected chi connectivity index (χ4v) is 2.65. The average molecular weight is 265 g/mol. The standard InChI is InChI=1S/C15H11N3S/c16-9-11-5-7-12(8-6-11)10-17-15-13-3-1-2-4-14(13)19-18-15/h1-8H,10H2,(H,17,18). The molecule has 0 unspecified atom stereocenters. The second kappa shape index (κ2) is 5.09. The van der Waals surface area contributed by atoms with E-state index < -0.39 is 0 Å². The van der Waals surface area contributed by atoms with Crippen LogP contribution in [0.3, 0.4) is 0 Å². The van der Waals surface area contributed by atoms with Crippen LogP contribution in [0.5, 0.6) is 0 Å². The topological polar surface area (TPSA) is 48.7 Å². The molecule has 0 aliphatic carbocycles. The van der Waals surface area contributed by atoms with Crippen LogP contribution in [0.4, 0.5) is 5.82 Å². The van der Waals surface area contributed by atoms with Crippen molar-refractivity contribution in [1.29, 1.82) is 5.26 Å². The second-order valence-electron chi connectivity index (χ2n) is 4.19. The van der Waals surface area contributed by atoms with Gasteiger partial charge in [0.1, 0.15) is 5.82 Å². The summed E-state index contributed by atoms with van der Waals surface area (Å²) in [5.74, 6) is 0.921. The summed E-state index contributed by atoms with van der Waals surface area (Å²) >= 11 is 1.50. The largest absolute Gasteiger partial charge is 0.365 e. The van der Waals surface area contributed by atoms with Gasteiger partial charge in [-0.05, 0) is 41.4 Å². The number of benzene rings is 2. The van der Waals surface area contributed by atoms with Gasteiger partial charge in [0.25, 0.3) is 0 Å². The molecule has 0 amide bonds. The third-order valence-electron chi connectivity index (χ3n) is 2.92. The van der Waals surface area contributed by atoms with Gasteiger partial charge in [0, 0.05) is 11.9 Å². The van der Waals surface area contributed by atoms with Gasteiger partial charge in [0.05, 0.1) is 16.3 Å². The summed E-state index contributed by atoms with van der Waals surface area (Å²) < 4.78 is 5.61. The molecule has 3 rings (SSSR count). The highest BCUT2D eigenvalue weighted by Crippen LogP contribution is 2.26. The number of nitrogens with zero attached hydrogens (tertiary/aromatic N) is 2. The molecular weight excluding hydrogens is 254 g/mol. The number of nitrogens with one attached hydrogen (secondary N) is 1. The van der Waals surface area contributed by atoms with Crippen molar-refractivity contribution in [1.82, 2.24) is 4.37 Å². The maximum atomic E-state index is 8.75. The molecule has 0 aliphatic heterocycles. The van der Waals surface area contributed by atoms with Crippen LogP contribution in [-0.2, 0) is 6.54 Å². The summed E-state index contributed by atoms with van der Waals surface area (Å²) in [6, 6.07) is 17.9. The van der Waals surface area contributed by atoms with Crippen LogP contribution < -0.4 is 5.32 Å². The zero-order valence-corrected chi connectivity index (χ0v) is 10.9. The molecular formula is C15H11N3S. The first kappa shape index (κ1) is 11.7. The summed E-state index contributed by atoms with van der Waals surface area (Å²) in [6.07, 6.45) is 0. The number of rotatable bonds is 3. The van der Waals surface area contributed by atoms with Crippen LogP contribution in [0.15, 0.2) is 48.5 Å². The molecule has 0 bridgehead atoms. The maximum absolute atomic E-state index is 8.75. The van der Waals surface area contributed by atoms with E-state index in [2.05, 4.69) is 27.9 Å². The summed E-state index contributed by atoms with van der Waals surface area (Å²) in [7, 11) is 0. The molecule has 4 heteroatoms. The molecule has 0 saturated heterocycles. The Morgan fingerprint density at radius 2 is 1.89 bits per heavy atom. The van der Waals surface area contributed by atoms with Gasteiger partial charge in [-0.2, -0.15) is 9.64 Å². The van der Waals surface area contributed by atoms with E-state index in [4.69, 9.17) is 5.26 Å². The van der Waals surface area contributed by atoms with Gasteiger partial charge in [-0.1, -0.05) is 24.3 Å². The van der Waals surface area contributed by atoms with Crippen molar-refractivity contribution in [2.45, 2.75) is 6.54 Å². The van der Waals surface area contributed by atoms with Gasteiger partial charge in [-0.3, -0.25) is 0 Å². The quantitative estimate of drug-likeness (QED) is 0.784. The fourth-order valence-electron chi connectivity index (χ4n) is 1.90. The van der Waals surface area contributed by atoms with E-state index in [0.29, 0.717) is 12.1 Å². The lowest BCUT2D eigenvalue weighted by Gasteiger charge is -2.04. The molecule has 1 aromatic heterocycles. The van der Waals surface area contributed by atoms with Crippen molar-refractivity contribution in [2.75, 3.05) is 5.32 Å². The highest BCUT2D eigenvalue weighted by molar-refractivity contribution is 7.13. The van der Waals surface area contributed by atoms with Crippen molar-refractivity contribution in [3.8, 4) is 6.07 Å². The first-order valence-corrected chi connectivity index (χ1v) is 6.71. The third-order valence-corrected chi connectivity index (χ3v) is 3.75. The van der Waals surface area contributed by atoms with Crippen LogP contribution in [0.2, 0.25) is 0 Å². The van der Waals surface area contributed by atoms with E-state index in [9.17, 15) is 0 Å². The molecule has 92 valence electrons. The van der Waals surface area contributed by atoms with Gasteiger partial charge < -0.3 is 5.32 Å². The molecule has 0 aliphatic rings. The number of fused-ring (bicyclic) bond motifs is 1. The van der Waals surface area contributed by atoms with E-state index in [1.54, 1.807) is 0 Å². The molecule has 3 nitrogen and oxygen atoms in total. The van der Waals surface area contributed by atoms with E-state index in [1.807, 2.05) is 36.4 Å². The Kier molecular flexibility index (Phi) is 3.13. The number of anilines is 1. The Hall–Kier alpha value is -2.38. The Labute approximate surface area is 115 Å². The van der Waals surface area contributed by atoms with Crippen molar-refractivity contribution in [3.63, 3.8) is 0 Å². The minimum atomic E-state index is 0.683. The number of hydrogen-bond donors (Lipinski definition) is 1. The van der Waals surface area contributed by atoms with Crippen molar-refractivity contribution >= 4 is 27.4 Å². The van der Waals surface area contributed by atoms with Crippen LogP contribution in [0.1, 0.15) is 11.1 Å². The number of hydrogen-bond acceptors (Lipinski definition) is 4. The molecule has 1 N–H and O–H groups in total. The second-order valence-corrected chi connectivity index (χ2v) is 4.99. The minimum Gasteiger partial charge on any atom is -0.365 e. The van der Waals surface area contributed by atoms with E-state index in [-0.39, 0.29) is 0 Å². The lowest BCUT2D eigenvalue weighted by molar-refractivity contribution is 1.14. The van der Waals surface area contributed by atoms with Crippen LogP contribution >= 0.6 is 11.5 Å². The monoisotopic (exact) mass is 265 g/mol. The predicted molar refractivity (Wildman–Crippen MR) is 78.1 cm³/mol. The van der Waals surface area contributed by atoms with Crippen molar-refractivity contribution in [3.05, 3.63) is 59.7 Å². The average Bonchev–Trinajstić information content (AvgIpc) is 2.89. The first-order chi connectivity index (χ1) is 9.36. The van der Waals surface area contributed by atoms with Gasteiger partial charge in [0.15, 0.2) is 0 Å². The van der Waals surface area contributed by atoms with E-state index in [0.717, 1.165) is 16.8 Å². The number of aromatic nitrogens is 1. The third kappa shape index (κ3) is 2.42. The zero-order chi connectivity index (χ0) is 13.1. The summed E-state index contributed by atoms with van der Waals surface area (Å²) in [6.45, 7) is 0.708. The van der Waals surface area contributed by atoms with E-state index in [1.165, 1.54) is 16.2 Å². The summed E-state index contributed by atoms with van der Waals surface area (Å²) in [4.78, 5) is 0. The molecule has 19 heavy (non-hydrogen) atoms. The van der Waals surface area contributed by atoms with Gasteiger partial charge in [-0.15, -0.1) is 0 Å². The lowest BCUT2D eigenvalue weighted by atomic mass is 10.1. The Morgan fingerprint density at radius 3 is 2.68 bits per heavy atom. The Balaban J connectivity index is 1.77. The highest BCUT2D eigenvalue weighted by atomic mass is 32.1. The Bertz CT molecular complexity index is 738. The molecule has 1 heterocycles. The molecule has 0 atom stereocenters. The van der Waals surface area contributed by atoms with Gasteiger partial charge in [-0.25, -0.2) is 0 Å². The van der Waals surface area contributed by atoms with E-state index >= 15 is 0 Å². The maximum Gasteiger partial charge on any atom is 0.147 e. The lowest BCUT2D eigenvalue weighted by Crippen LogP contribution is -1.99. The van der Waals surface area contributed by atoms with Crippen LogP contribution in [0.25, 0.3) is 10.1 Å². The molecule has 0 spiro atoms. The zero-order valence-electron chi connectivity index (χ0n) is 10.1. The number of nitriles is 1. The minimum absolute atomic E-state index is 0.683. The fraction of sp³-hybridized carbons (Fsp3) is 0.0667. The predicted octanol–water partition coefficient (Wildman–Crippen LogP) is 3.78. The van der Waals surface area contributed by atoms with Crippen molar-refractivity contribution in [2.24, 2.45) is 0 Å². The molecule has 0 saturated carbocycles. The van der Waals surface area contributed by atoms with Crippen LogP contribution in [-0.4, -0.2) is 4.37 Å². The molecule has 0 radical (unpaired) electrons. The summed E-state index contributed by atoms with van der Waals surface area (Å²) in [5, 5.41) is 13.2. The Morgan fingerprint density at radius 1 is 1.11 bits per heavy atom. The molecule has 0 fully saturated rings. The molecule has 3 aromatic rings. The summed E-state index contributed by atoms with van der Waals surface area (Å²) in [5.41, 5.74) is 1.82. The van der Waals surface area contributed by atoms with Crippen LogP contribution in [0, 0.1) is 11.3 Å². The van der Waals surface area contributed by atoms with Gasteiger partial charge in [0.2, 0.25) is 0 Å². The SMILES string of the molecule is N#Cc1ccc(CNc2nsc3ccccc23)cc1.